The molecule has 31 heavy (non-hydrogen) atoms. The predicted octanol–water partition coefficient (Wildman–Crippen LogP) is 2.66. The van der Waals surface area contributed by atoms with Crippen LogP contribution in [0.3, 0.4) is 0 Å². The number of amides is 1. The van der Waals surface area contributed by atoms with Gasteiger partial charge in [-0.1, -0.05) is 6.07 Å². The van der Waals surface area contributed by atoms with E-state index in [1.807, 2.05) is 6.92 Å². The van der Waals surface area contributed by atoms with E-state index in [2.05, 4.69) is 20.4 Å². The van der Waals surface area contributed by atoms with Gasteiger partial charge in [0.25, 0.3) is 0 Å². The lowest BCUT2D eigenvalue weighted by atomic mass is 10.1. The molecule has 0 radical (unpaired) electrons. The lowest BCUT2D eigenvalue weighted by Crippen LogP contribution is -2.32. The third kappa shape index (κ3) is 3.74. The number of nitrogens with zero attached hydrogens (tertiary/aromatic N) is 6. The monoisotopic (exact) mass is 424 g/mol. The van der Waals surface area contributed by atoms with Crippen molar-refractivity contribution in [2.45, 2.75) is 38.5 Å². The van der Waals surface area contributed by atoms with Gasteiger partial charge in [0, 0.05) is 17.3 Å². The minimum Gasteiger partial charge on any atom is -0.441 e. The number of aryl methyl sites for hydroxylation is 1. The number of aliphatic hydroxyl groups is 1. The standard InChI is InChI=1S/C21H21FN6O3/c1-2-28-25-20(24-26-28)17-8-5-13(10-23-17)15-7-6-14(9-16(15)22)27-11-18(31-21(27)30)19(29)12-3-4-12/h5-10,12,18-19,29H,2-4,11H2,1H3/t18-,19?/m1/s1. The van der Waals surface area contributed by atoms with E-state index in [1.165, 1.54) is 15.8 Å². The van der Waals surface area contributed by atoms with E-state index in [0.717, 1.165) is 12.8 Å². The molecule has 2 fully saturated rings. The highest BCUT2D eigenvalue weighted by Gasteiger charge is 2.43. The van der Waals surface area contributed by atoms with Gasteiger partial charge in [0.2, 0.25) is 5.82 Å². The number of anilines is 1. The summed E-state index contributed by atoms with van der Waals surface area (Å²) < 4.78 is 20.2. The van der Waals surface area contributed by atoms with E-state index in [4.69, 9.17) is 4.74 Å². The van der Waals surface area contributed by atoms with Gasteiger partial charge in [0.1, 0.15) is 17.6 Å². The molecule has 160 valence electrons. The van der Waals surface area contributed by atoms with Crippen LogP contribution in [0, 0.1) is 11.7 Å². The number of carbonyl (C=O) groups excluding carboxylic acids is 1. The Labute approximate surface area is 177 Å². The number of aliphatic hydroxyl groups excluding tert-OH is 1. The van der Waals surface area contributed by atoms with Crippen LogP contribution in [0.4, 0.5) is 14.9 Å². The van der Waals surface area contributed by atoms with Crippen molar-refractivity contribution in [3.05, 3.63) is 42.3 Å². The molecule has 5 rings (SSSR count). The summed E-state index contributed by atoms with van der Waals surface area (Å²) in [6, 6.07) is 8.00. The van der Waals surface area contributed by atoms with E-state index in [-0.39, 0.29) is 12.5 Å². The van der Waals surface area contributed by atoms with Crippen molar-refractivity contribution in [1.29, 1.82) is 0 Å². The highest BCUT2D eigenvalue weighted by molar-refractivity contribution is 5.90. The molecular formula is C21H21FN6O3. The Hall–Kier alpha value is -3.40. The molecule has 0 spiro atoms. The molecule has 2 aromatic heterocycles. The van der Waals surface area contributed by atoms with Crippen LogP contribution in [0.5, 0.6) is 0 Å². The van der Waals surface area contributed by atoms with Gasteiger partial charge in [-0.15, -0.1) is 10.2 Å². The normalized spacial score (nSPS) is 19.5. The van der Waals surface area contributed by atoms with E-state index >= 15 is 0 Å². The second-order valence-corrected chi connectivity index (χ2v) is 7.76. The van der Waals surface area contributed by atoms with Crippen LogP contribution in [-0.2, 0) is 11.3 Å². The first-order valence-electron chi connectivity index (χ1n) is 10.2. The number of carbonyl (C=O) groups is 1. The maximum absolute atomic E-state index is 14.9. The molecule has 2 atom stereocenters. The number of benzene rings is 1. The van der Waals surface area contributed by atoms with Crippen LogP contribution >= 0.6 is 0 Å². The second kappa shape index (κ2) is 7.69. The van der Waals surface area contributed by atoms with Crippen LogP contribution in [0.15, 0.2) is 36.5 Å². The summed E-state index contributed by atoms with van der Waals surface area (Å²) in [6.45, 7) is 2.72. The molecule has 1 saturated carbocycles. The summed E-state index contributed by atoms with van der Waals surface area (Å²) in [5, 5.41) is 22.3. The Morgan fingerprint density at radius 3 is 2.77 bits per heavy atom. The fourth-order valence-corrected chi connectivity index (χ4v) is 3.69. The summed E-state index contributed by atoms with van der Waals surface area (Å²) in [7, 11) is 0. The lowest BCUT2D eigenvalue weighted by Gasteiger charge is -2.16. The quantitative estimate of drug-likeness (QED) is 0.648. The zero-order valence-electron chi connectivity index (χ0n) is 16.8. The predicted molar refractivity (Wildman–Crippen MR) is 108 cm³/mol. The molecule has 10 heteroatoms. The van der Waals surface area contributed by atoms with Gasteiger partial charge in [-0.05, 0) is 55.2 Å². The van der Waals surface area contributed by atoms with Crippen molar-refractivity contribution in [1.82, 2.24) is 25.2 Å². The molecule has 3 heterocycles. The van der Waals surface area contributed by atoms with Crippen LogP contribution in [0.1, 0.15) is 19.8 Å². The summed E-state index contributed by atoms with van der Waals surface area (Å²) in [6.07, 6.45) is 1.61. The Morgan fingerprint density at radius 2 is 2.13 bits per heavy atom. The number of rotatable bonds is 6. The van der Waals surface area contributed by atoms with E-state index in [1.54, 1.807) is 30.5 Å². The van der Waals surface area contributed by atoms with E-state index < -0.39 is 24.1 Å². The van der Waals surface area contributed by atoms with Gasteiger partial charge in [-0.2, -0.15) is 4.80 Å². The number of hydrogen-bond acceptors (Lipinski definition) is 7. The third-order valence-corrected chi connectivity index (χ3v) is 5.62. The fraction of sp³-hybridized carbons (Fsp3) is 0.381. The zero-order valence-corrected chi connectivity index (χ0v) is 16.8. The number of pyridine rings is 1. The minimum atomic E-state index is -0.670. The minimum absolute atomic E-state index is 0.189. The number of hydrogen-bond donors (Lipinski definition) is 1. The van der Waals surface area contributed by atoms with Crippen molar-refractivity contribution in [2.75, 3.05) is 11.4 Å². The summed E-state index contributed by atoms with van der Waals surface area (Å²) >= 11 is 0. The van der Waals surface area contributed by atoms with Gasteiger partial charge in [0.15, 0.2) is 0 Å². The Bertz CT molecular complexity index is 1110. The summed E-state index contributed by atoms with van der Waals surface area (Å²) in [4.78, 5) is 19.4. The number of cyclic esters (lactones) is 1. The number of tetrazole rings is 1. The highest BCUT2D eigenvalue weighted by atomic mass is 19.1. The van der Waals surface area contributed by atoms with E-state index in [9.17, 15) is 14.3 Å². The van der Waals surface area contributed by atoms with Gasteiger partial charge in [-0.3, -0.25) is 9.88 Å². The molecule has 0 bridgehead atoms. The summed E-state index contributed by atoms with van der Waals surface area (Å²) in [5.41, 5.74) is 1.87. The van der Waals surface area contributed by atoms with Crippen LogP contribution in [0.2, 0.25) is 0 Å². The second-order valence-electron chi connectivity index (χ2n) is 7.76. The van der Waals surface area contributed by atoms with Crippen LogP contribution in [-0.4, -0.2) is 55.1 Å². The number of ether oxygens (including phenoxy) is 1. The molecule has 1 N–H and O–H groups in total. The lowest BCUT2D eigenvalue weighted by molar-refractivity contribution is 0.0200. The average molecular weight is 424 g/mol. The van der Waals surface area contributed by atoms with Crippen molar-refractivity contribution < 1.29 is 19.0 Å². The Kier molecular flexibility index (Phi) is 4.85. The maximum atomic E-state index is 14.9. The average Bonchev–Trinajstić information content (AvgIpc) is 3.39. The molecule has 1 amide bonds. The first kappa shape index (κ1) is 19.6. The Morgan fingerprint density at radius 1 is 1.29 bits per heavy atom. The maximum Gasteiger partial charge on any atom is 0.414 e. The van der Waals surface area contributed by atoms with Crippen molar-refractivity contribution in [3.8, 4) is 22.6 Å². The van der Waals surface area contributed by atoms with Crippen molar-refractivity contribution >= 4 is 11.8 Å². The van der Waals surface area contributed by atoms with Crippen molar-refractivity contribution in [2.24, 2.45) is 5.92 Å². The molecule has 1 aromatic carbocycles. The molecule has 1 aliphatic heterocycles. The van der Waals surface area contributed by atoms with Gasteiger partial charge in [0.05, 0.1) is 24.9 Å². The molecule has 1 aliphatic carbocycles. The Balaban J connectivity index is 1.34. The molecular weight excluding hydrogens is 403 g/mol. The van der Waals surface area contributed by atoms with Crippen LogP contribution in [0.25, 0.3) is 22.6 Å². The van der Waals surface area contributed by atoms with Gasteiger partial charge < -0.3 is 9.84 Å². The molecule has 9 nitrogen and oxygen atoms in total. The smallest absolute Gasteiger partial charge is 0.414 e. The topological polar surface area (TPSA) is 106 Å². The third-order valence-electron chi connectivity index (χ3n) is 5.62. The first-order chi connectivity index (χ1) is 15.0. The molecule has 1 unspecified atom stereocenters. The first-order valence-corrected chi connectivity index (χ1v) is 10.2. The fourth-order valence-electron chi connectivity index (χ4n) is 3.69. The van der Waals surface area contributed by atoms with E-state index in [0.29, 0.717) is 34.9 Å². The number of aromatic nitrogens is 5. The van der Waals surface area contributed by atoms with Gasteiger partial charge in [-0.25, -0.2) is 9.18 Å². The molecule has 1 saturated heterocycles. The van der Waals surface area contributed by atoms with Crippen LogP contribution < -0.4 is 4.90 Å². The largest absolute Gasteiger partial charge is 0.441 e. The SMILES string of the molecule is CCn1nnc(-c2ccc(-c3ccc(N4C[C@H](C(O)C5CC5)OC4=O)cc3F)cn2)n1. The molecule has 2 aliphatic rings. The summed E-state index contributed by atoms with van der Waals surface area (Å²) in [5.74, 6) is 0.106. The highest BCUT2D eigenvalue weighted by Crippen LogP contribution is 2.37. The number of halogens is 1. The van der Waals surface area contributed by atoms with Crippen molar-refractivity contribution in [3.63, 3.8) is 0 Å². The zero-order chi connectivity index (χ0) is 21.5. The van der Waals surface area contributed by atoms with Gasteiger partial charge >= 0.3 is 6.09 Å². The molecule has 3 aromatic rings.